The minimum absolute atomic E-state index is 0.167. The molecule has 0 saturated carbocycles. The van der Waals surface area contributed by atoms with Gasteiger partial charge in [-0.15, -0.1) is 0 Å². The van der Waals surface area contributed by atoms with Gasteiger partial charge in [-0.05, 0) is 27.7 Å². The summed E-state index contributed by atoms with van der Waals surface area (Å²) in [5.74, 6) is -1.85. The molecular formula is C10H19NO5. The van der Waals surface area contributed by atoms with Gasteiger partial charge in [0.2, 0.25) is 5.91 Å². The quantitative estimate of drug-likeness (QED) is 0.608. The van der Waals surface area contributed by atoms with E-state index in [1.807, 2.05) is 0 Å². The molecule has 0 aliphatic rings. The van der Waals surface area contributed by atoms with Gasteiger partial charge in [0.1, 0.15) is 6.61 Å². The standard InChI is InChI=1S/C10H19NO5/c1-9(2,3)16-5-7(12)11-6-10(4,15)8(13)14/h15H,5-6H2,1-4H3,(H,11,12)(H,13,14). The van der Waals surface area contributed by atoms with E-state index in [4.69, 9.17) is 9.84 Å². The number of aliphatic carboxylic acids is 1. The van der Waals surface area contributed by atoms with Crippen molar-refractivity contribution in [1.29, 1.82) is 0 Å². The Balaban J connectivity index is 3.96. The van der Waals surface area contributed by atoms with Crippen LogP contribution in [0.2, 0.25) is 0 Å². The third-order valence-electron chi connectivity index (χ3n) is 1.73. The second kappa shape index (κ2) is 5.27. The van der Waals surface area contributed by atoms with Crippen molar-refractivity contribution in [2.75, 3.05) is 13.2 Å². The monoisotopic (exact) mass is 233 g/mol. The Labute approximate surface area is 94.6 Å². The van der Waals surface area contributed by atoms with Crippen LogP contribution in [0.3, 0.4) is 0 Å². The SMILES string of the molecule is CC(C)(C)OCC(=O)NCC(C)(O)C(=O)O. The Morgan fingerprint density at radius 2 is 1.75 bits per heavy atom. The summed E-state index contributed by atoms with van der Waals surface area (Å²) in [7, 11) is 0. The van der Waals surface area contributed by atoms with Gasteiger partial charge in [0.05, 0.1) is 12.1 Å². The molecule has 0 aliphatic heterocycles. The van der Waals surface area contributed by atoms with E-state index in [2.05, 4.69) is 5.32 Å². The van der Waals surface area contributed by atoms with Gasteiger partial charge in [0.25, 0.3) is 0 Å². The summed E-state index contributed by atoms with van der Waals surface area (Å²) >= 11 is 0. The lowest BCUT2D eigenvalue weighted by Crippen LogP contribution is -2.47. The molecule has 16 heavy (non-hydrogen) atoms. The highest BCUT2D eigenvalue weighted by Crippen LogP contribution is 2.06. The summed E-state index contributed by atoms with van der Waals surface area (Å²) in [5.41, 5.74) is -2.40. The first-order chi connectivity index (χ1) is 7.04. The summed E-state index contributed by atoms with van der Waals surface area (Å²) in [6.45, 7) is 5.99. The number of aliphatic hydroxyl groups is 1. The smallest absolute Gasteiger partial charge is 0.337 e. The molecule has 0 aromatic carbocycles. The first-order valence-electron chi connectivity index (χ1n) is 4.91. The van der Waals surface area contributed by atoms with E-state index < -0.39 is 23.1 Å². The van der Waals surface area contributed by atoms with Gasteiger partial charge in [-0.3, -0.25) is 4.79 Å². The van der Waals surface area contributed by atoms with Crippen molar-refractivity contribution in [3.05, 3.63) is 0 Å². The average Bonchev–Trinajstić information content (AvgIpc) is 2.10. The molecule has 0 aromatic rings. The zero-order chi connectivity index (χ0) is 13.0. The van der Waals surface area contributed by atoms with Crippen LogP contribution in [0.5, 0.6) is 0 Å². The molecule has 0 aromatic heterocycles. The van der Waals surface area contributed by atoms with Gasteiger partial charge in [0, 0.05) is 0 Å². The number of nitrogens with one attached hydrogen (secondary N) is 1. The third kappa shape index (κ3) is 6.36. The van der Waals surface area contributed by atoms with Crippen LogP contribution in [0.25, 0.3) is 0 Å². The number of ether oxygens (including phenoxy) is 1. The Morgan fingerprint density at radius 3 is 2.12 bits per heavy atom. The first kappa shape index (κ1) is 14.9. The van der Waals surface area contributed by atoms with E-state index >= 15 is 0 Å². The fourth-order valence-corrected chi connectivity index (χ4v) is 0.679. The maximum absolute atomic E-state index is 11.2. The Kier molecular flexibility index (Phi) is 4.89. The fourth-order valence-electron chi connectivity index (χ4n) is 0.679. The van der Waals surface area contributed by atoms with E-state index in [9.17, 15) is 14.7 Å². The molecule has 0 rings (SSSR count). The van der Waals surface area contributed by atoms with Gasteiger partial charge >= 0.3 is 5.97 Å². The molecule has 0 heterocycles. The van der Waals surface area contributed by atoms with Crippen molar-refractivity contribution in [2.45, 2.75) is 38.9 Å². The second-order valence-electron chi connectivity index (χ2n) is 4.76. The van der Waals surface area contributed by atoms with Gasteiger partial charge < -0.3 is 20.3 Å². The molecule has 6 heteroatoms. The van der Waals surface area contributed by atoms with Crippen molar-refractivity contribution in [3.8, 4) is 0 Å². The molecule has 94 valence electrons. The molecule has 0 saturated heterocycles. The highest BCUT2D eigenvalue weighted by molar-refractivity contribution is 5.80. The van der Waals surface area contributed by atoms with Crippen molar-refractivity contribution in [2.24, 2.45) is 0 Å². The minimum atomic E-state index is -1.96. The molecule has 0 spiro atoms. The van der Waals surface area contributed by atoms with Crippen LogP contribution < -0.4 is 5.32 Å². The first-order valence-corrected chi connectivity index (χ1v) is 4.91. The fraction of sp³-hybridized carbons (Fsp3) is 0.800. The van der Waals surface area contributed by atoms with Crippen molar-refractivity contribution in [3.63, 3.8) is 0 Å². The number of amides is 1. The lowest BCUT2D eigenvalue weighted by Gasteiger charge is -2.21. The second-order valence-corrected chi connectivity index (χ2v) is 4.76. The maximum Gasteiger partial charge on any atom is 0.337 e. The predicted octanol–water partition coefficient (Wildman–Crippen LogP) is -0.247. The number of carbonyl (C=O) groups excluding carboxylic acids is 1. The molecule has 0 aliphatic carbocycles. The van der Waals surface area contributed by atoms with Crippen molar-refractivity contribution in [1.82, 2.24) is 5.32 Å². The highest BCUT2D eigenvalue weighted by atomic mass is 16.5. The lowest BCUT2D eigenvalue weighted by atomic mass is 10.1. The molecule has 3 N–H and O–H groups in total. The molecule has 6 nitrogen and oxygen atoms in total. The normalized spacial score (nSPS) is 15.3. The molecule has 0 radical (unpaired) electrons. The van der Waals surface area contributed by atoms with E-state index in [1.54, 1.807) is 20.8 Å². The van der Waals surface area contributed by atoms with Crippen LogP contribution in [0.15, 0.2) is 0 Å². The van der Waals surface area contributed by atoms with Crippen LogP contribution in [0.1, 0.15) is 27.7 Å². The van der Waals surface area contributed by atoms with E-state index in [1.165, 1.54) is 0 Å². The molecule has 0 fully saturated rings. The zero-order valence-electron chi connectivity index (χ0n) is 10.0. The van der Waals surface area contributed by atoms with Crippen LogP contribution in [0.4, 0.5) is 0 Å². The van der Waals surface area contributed by atoms with Crippen LogP contribution in [-0.4, -0.2) is 46.4 Å². The molecular weight excluding hydrogens is 214 g/mol. The number of hydrogen-bond acceptors (Lipinski definition) is 4. The maximum atomic E-state index is 11.2. The Bertz CT molecular complexity index is 267. The van der Waals surface area contributed by atoms with E-state index in [0.29, 0.717) is 0 Å². The molecule has 0 bridgehead atoms. The third-order valence-corrected chi connectivity index (χ3v) is 1.73. The lowest BCUT2D eigenvalue weighted by molar-refractivity contribution is -0.156. The predicted molar refractivity (Wildman–Crippen MR) is 57.0 cm³/mol. The van der Waals surface area contributed by atoms with E-state index in [-0.39, 0.29) is 13.2 Å². The van der Waals surface area contributed by atoms with E-state index in [0.717, 1.165) is 6.92 Å². The van der Waals surface area contributed by atoms with Gasteiger partial charge in [-0.1, -0.05) is 0 Å². The van der Waals surface area contributed by atoms with Gasteiger partial charge in [-0.2, -0.15) is 0 Å². The van der Waals surface area contributed by atoms with Crippen LogP contribution >= 0.6 is 0 Å². The number of carboxylic acids is 1. The zero-order valence-corrected chi connectivity index (χ0v) is 10.0. The topological polar surface area (TPSA) is 95.9 Å². The number of carbonyl (C=O) groups is 2. The molecule has 1 atom stereocenters. The van der Waals surface area contributed by atoms with Crippen LogP contribution in [-0.2, 0) is 14.3 Å². The summed E-state index contributed by atoms with van der Waals surface area (Å²) in [6, 6.07) is 0. The summed E-state index contributed by atoms with van der Waals surface area (Å²) in [6.07, 6.45) is 0. The number of carboxylic acid groups (broad SMARTS) is 1. The van der Waals surface area contributed by atoms with Gasteiger partial charge in [0.15, 0.2) is 5.60 Å². The summed E-state index contributed by atoms with van der Waals surface area (Å²) in [4.78, 5) is 21.7. The number of hydrogen-bond donors (Lipinski definition) is 3. The summed E-state index contributed by atoms with van der Waals surface area (Å²) < 4.78 is 5.18. The number of rotatable bonds is 5. The highest BCUT2D eigenvalue weighted by Gasteiger charge is 2.30. The average molecular weight is 233 g/mol. The minimum Gasteiger partial charge on any atom is -0.479 e. The summed E-state index contributed by atoms with van der Waals surface area (Å²) in [5, 5.41) is 20.2. The molecule has 1 unspecified atom stereocenters. The van der Waals surface area contributed by atoms with Crippen molar-refractivity contribution < 1.29 is 24.5 Å². The van der Waals surface area contributed by atoms with Crippen LogP contribution in [0, 0.1) is 0 Å². The molecule has 1 amide bonds. The largest absolute Gasteiger partial charge is 0.479 e. The van der Waals surface area contributed by atoms with Gasteiger partial charge in [-0.25, -0.2) is 4.79 Å². The Hall–Kier alpha value is -1.14. The Morgan fingerprint density at radius 1 is 1.25 bits per heavy atom. The van der Waals surface area contributed by atoms with Crippen molar-refractivity contribution >= 4 is 11.9 Å².